The number of rotatable bonds is 4. The fourth-order valence-electron chi connectivity index (χ4n) is 5.09. The number of anilines is 2. The van der Waals surface area contributed by atoms with Crippen molar-refractivity contribution in [2.75, 3.05) is 23.7 Å². The lowest BCUT2D eigenvalue weighted by atomic mass is 10.1. The van der Waals surface area contributed by atoms with Crippen LogP contribution in [0.1, 0.15) is 67.8 Å². The lowest BCUT2D eigenvalue weighted by Crippen LogP contribution is -2.56. The van der Waals surface area contributed by atoms with E-state index in [-0.39, 0.29) is 54.2 Å². The fraction of sp³-hybridized carbons (Fsp3) is 0.364. The number of aryl methyl sites for hydroxylation is 1. The smallest absolute Gasteiger partial charge is 0.412 e. The Morgan fingerprint density at radius 2 is 1.79 bits per heavy atom. The van der Waals surface area contributed by atoms with E-state index in [1.54, 1.807) is 45.1 Å². The van der Waals surface area contributed by atoms with E-state index in [1.807, 2.05) is 0 Å². The summed E-state index contributed by atoms with van der Waals surface area (Å²) in [5.74, 6) is -3.07. The van der Waals surface area contributed by atoms with E-state index in [4.69, 9.17) is 21.1 Å². The second kappa shape index (κ2) is 14.0. The van der Waals surface area contributed by atoms with Crippen LogP contribution in [-0.2, 0) is 14.3 Å². The van der Waals surface area contributed by atoms with Crippen LogP contribution < -0.4 is 16.0 Å². The molecule has 2 bridgehead atoms. The van der Waals surface area contributed by atoms with E-state index >= 15 is 0 Å². The number of amides is 4. The van der Waals surface area contributed by atoms with Crippen molar-refractivity contribution < 1.29 is 37.4 Å². The normalized spacial score (nSPS) is 16.7. The van der Waals surface area contributed by atoms with Gasteiger partial charge in [0.05, 0.1) is 24.8 Å². The van der Waals surface area contributed by atoms with Crippen molar-refractivity contribution in [3.05, 3.63) is 76.2 Å². The zero-order chi connectivity index (χ0) is 34.7. The molecule has 0 radical (unpaired) electrons. The number of allylic oxidation sites excluding steroid dienone is 1. The van der Waals surface area contributed by atoms with Gasteiger partial charge in [0.15, 0.2) is 0 Å². The van der Waals surface area contributed by atoms with Gasteiger partial charge in [0.2, 0.25) is 5.91 Å². The number of halogens is 3. The van der Waals surface area contributed by atoms with E-state index in [1.165, 1.54) is 17.9 Å². The van der Waals surface area contributed by atoms with Crippen LogP contribution in [0.25, 0.3) is 11.3 Å². The van der Waals surface area contributed by atoms with Gasteiger partial charge in [-0.3, -0.25) is 14.9 Å². The average Bonchev–Trinajstić information content (AvgIpc) is 3.33. The van der Waals surface area contributed by atoms with Gasteiger partial charge in [0.25, 0.3) is 5.91 Å². The van der Waals surface area contributed by atoms with Gasteiger partial charge in [0, 0.05) is 17.7 Å². The van der Waals surface area contributed by atoms with Gasteiger partial charge >= 0.3 is 12.2 Å². The predicted octanol–water partition coefficient (Wildman–Crippen LogP) is 6.63. The fourth-order valence-corrected chi connectivity index (χ4v) is 5.34. The van der Waals surface area contributed by atoms with Gasteiger partial charge in [-0.2, -0.15) is 0 Å². The molecule has 2 aromatic carbocycles. The number of ether oxygens (including phenoxy) is 2. The summed E-state index contributed by atoms with van der Waals surface area (Å²) in [5.41, 5.74) is 0.168. The third-order valence-corrected chi connectivity index (χ3v) is 7.65. The maximum atomic E-state index is 14.6. The van der Waals surface area contributed by atoms with Gasteiger partial charge in [-0.05, 0) is 76.4 Å². The molecule has 1 aromatic heterocycles. The van der Waals surface area contributed by atoms with Gasteiger partial charge in [-0.15, -0.1) is 0 Å². The van der Waals surface area contributed by atoms with E-state index < -0.39 is 53.0 Å². The Kier molecular flexibility index (Phi) is 10.0. The summed E-state index contributed by atoms with van der Waals surface area (Å²) in [6.45, 7) is 7.17. The number of carbonyl (C=O) groups excluding carboxylic acids is 4. The van der Waals surface area contributed by atoms with Crippen LogP contribution in [0, 0.1) is 18.6 Å². The first-order valence-corrected chi connectivity index (χ1v) is 15.6. The molecule has 4 N–H and O–H groups in total. The Hall–Kier alpha value is -4.98. The number of nitrogens with zero attached hydrogens (tertiary/aromatic N) is 2. The minimum Gasteiger partial charge on any atom is -0.444 e. The molecule has 0 aliphatic carbocycles. The van der Waals surface area contributed by atoms with Crippen LogP contribution >= 0.6 is 11.6 Å². The molecule has 3 heterocycles. The minimum absolute atomic E-state index is 0.0770. The zero-order valence-electron chi connectivity index (χ0n) is 26.7. The highest BCUT2D eigenvalue weighted by atomic mass is 35.5. The largest absolute Gasteiger partial charge is 0.444 e. The van der Waals surface area contributed by atoms with Crippen molar-refractivity contribution in [2.24, 2.45) is 0 Å². The van der Waals surface area contributed by atoms with Gasteiger partial charge in [0.1, 0.15) is 45.6 Å². The van der Waals surface area contributed by atoms with E-state index in [2.05, 4.69) is 25.9 Å². The number of aromatic amines is 1. The number of likely N-dealkylation sites (tertiary alicyclic amines) is 1. The Labute approximate surface area is 280 Å². The number of hydrogen-bond acceptors (Lipinski definition) is 7. The number of H-pyrrole nitrogens is 1. The van der Waals surface area contributed by atoms with E-state index in [9.17, 15) is 28.0 Å². The number of aromatic nitrogens is 2. The maximum absolute atomic E-state index is 14.6. The Morgan fingerprint density at radius 3 is 2.48 bits per heavy atom. The van der Waals surface area contributed by atoms with Crippen molar-refractivity contribution in [1.82, 2.24) is 20.2 Å². The van der Waals surface area contributed by atoms with Crippen LogP contribution in [0.5, 0.6) is 0 Å². The number of fused-ring (bicyclic) bond motifs is 4. The molecule has 4 amide bonds. The first-order chi connectivity index (χ1) is 22.7. The topological polar surface area (TPSA) is 155 Å². The van der Waals surface area contributed by atoms with Crippen molar-refractivity contribution in [3.63, 3.8) is 0 Å². The predicted molar refractivity (Wildman–Crippen MR) is 174 cm³/mol. The quantitative estimate of drug-likeness (QED) is 0.225. The van der Waals surface area contributed by atoms with Crippen molar-refractivity contribution in [3.8, 4) is 11.3 Å². The highest BCUT2D eigenvalue weighted by Crippen LogP contribution is 2.36. The molecule has 12 nitrogen and oxygen atoms in total. The molecule has 1 fully saturated rings. The first kappa shape index (κ1) is 34.4. The Balaban J connectivity index is 1.34. The molecule has 0 spiro atoms. The summed E-state index contributed by atoms with van der Waals surface area (Å²) >= 11 is 6.57. The number of benzene rings is 2. The van der Waals surface area contributed by atoms with E-state index in [0.717, 1.165) is 12.1 Å². The van der Waals surface area contributed by atoms with Crippen molar-refractivity contribution in [2.45, 2.75) is 64.7 Å². The standard InChI is InChI=1S/C33H35ClF2N6O6/c1-17-12-21(35)26(22(36)13-17)30(44)39-23-8-6-5-7-9-25(43)38-24-14-18(10-11-20(24)27-28(34)41-29(23)40-27)37-31(45)47-19-15-42(16-19)32(46)48-33(2,3)4/h5-6,10-14,19,23H,7-9,15-16H2,1-4H3,(H,37,45)(H,38,43)(H,39,44)(H,40,41)/t23-/m0/s1. The monoisotopic (exact) mass is 684 g/mol. The summed E-state index contributed by atoms with van der Waals surface area (Å²) in [6.07, 6.45) is 2.35. The van der Waals surface area contributed by atoms with Gasteiger partial charge in [-0.25, -0.2) is 23.4 Å². The molecule has 5 rings (SSSR count). The molecule has 3 aromatic rings. The highest BCUT2D eigenvalue weighted by Gasteiger charge is 2.36. The summed E-state index contributed by atoms with van der Waals surface area (Å²) in [5, 5.41) is 8.17. The molecule has 1 saturated heterocycles. The van der Waals surface area contributed by atoms with Crippen molar-refractivity contribution >= 4 is 47.0 Å². The number of hydrogen-bond donors (Lipinski definition) is 4. The summed E-state index contributed by atoms with van der Waals surface area (Å²) < 4.78 is 39.9. The molecule has 254 valence electrons. The Bertz CT molecular complexity index is 1760. The lowest BCUT2D eigenvalue weighted by Gasteiger charge is -2.38. The SMILES string of the molecule is Cc1cc(F)c(C(=O)N[C@H]2CC=CCCC(=O)Nc3cc(NC(=O)OC4CN(C(=O)OC(C)(C)C)C4)ccc3-c3nc2[nH]c3Cl)c(F)c1. The molecule has 0 saturated carbocycles. The minimum atomic E-state index is -0.995. The molecule has 2 aliphatic heterocycles. The van der Waals surface area contributed by atoms with E-state index in [0.29, 0.717) is 23.2 Å². The summed E-state index contributed by atoms with van der Waals surface area (Å²) in [4.78, 5) is 59.7. The molecular formula is C33H35ClF2N6O6. The zero-order valence-corrected chi connectivity index (χ0v) is 27.5. The lowest BCUT2D eigenvalue weighted by molar-refractivity contribution is -0.116. The van der Waals surface area contributed by atoms with Crippen LogP contribution in [0.2, 0.25) is 5.15 Å². The van der Waals surface area contributed by atoms with Crippen LogP contribution in [0.4, 0.5) is 29.7 Å². The second-order valence-electron chi connectivity index (χ2n) is 12.5. The first-order valence-electron chi connectivity index (χ1n) is 15.2. The summed E-state index contributed by atoms with van der Waals surface area (Å²) in [7, 11) is 0. The maximum Gasteiger partial charge on any atom is 0.412 e. The number of carbonyl (C=O) groups is 4. The molecule has 2 aliphatic rings. The van der Waals surface area contributed by atoms with Crippen LogP contribution in [0.15, 0.2) is 42.5 Å². The van der Waals surface area contributed by atoms with Crippen molar-refractivity contribution in [1.29, 1.82) is 0 Å². The Morgan fingerprint density at radius 1 is 1.08 bits per heavy atom. The molecule has 48 heavy (non-hydrogen) atoms. The average molecular weight is 685 g/mol. The van der Waals surface area contributed by atoms with Gasteiger partial charge < -0.3 is 30.0 Å². The number of nitrogens with one attached hydrogen (secondary N) is 4. The molecular weight excluding hydrogens is 650 g/mol. The van der Waals surface area contributed by atoms with Crippen LogP contribution in [0.3, 0.4) is 0 Å². The number of imidazole rings is 1. The second-order valence-corrected chi connectivity index (χ2v) is 12.9. The molecule has 15 heteroatoms. The molecule has 1 atom stereocenters. The van der Waals surface area contributed by atoms with Gasteiger partial charge in [-0.1, -0.05) is 23.8 Å². The third-order valence-electron chi connectivity index (χ3n) is 7.37. The highest BCUT2D eigenvalue weighted by molar-refractivity contribution is 6.32. The van der Waals surface area contributed by atoms with Crippen LogP contribution in [-0.4, -0.2) is 63.7 Å². The molecule has 0 unspecified atom stereocenters. The third kappa shape index (κ3) is 8.29. The summed E-state index contributed by atoms with van der Waals surface area (Å²) in [6, 6.07) is 5.95.